The number of carbonyl (C=O) groups is 3. The first-order valence-electron chi connectivity index (χ1n) is 4.75. The number of methoxy groups -OCH3 is 1. The van der Waals surface area contributed by atoms with Gasteiger partial charge in [-0.05, 0) is 6.92 Å². The number of nitrogens with one attached hydrogen (secondary N) is 2. The van der Waals surface area contributed by atoms with Crippen LogP contribution in [-0.2, 0) is 19.1 Å². The van der Waals surface area contributed by atoms with Crippen molar-refractivity contribution in [1.29, 1.82) is 0 Å². The third-order valence-corrected chi connectivity index (χ3v) is 1.82. The van der Waals surface area contributed by atoms with Gasteiger partial charge in [0.25, 0.3) is 0 Å². The highest BCUT2D eigenvalue weighted by molar-refractivity contribution is 5.97. The number of ether oxygens (including phenoxy) is 1. The summed E-state index contributed by atoms with van der Waals surface area (Å²) in [7, 11) is 1.50. The van der Waals surface area contributed by atoms with Crippen LogP contribution in [0, 0.1) is 5.92 Å². The van der Waals surface area contributed by atoms with Gasteiger partial charge in [0.05, 0.1) is 13.2 Å². The zero-order chi connectivity index (χ0) is 12.6. The fourth-order valence-corrected chi connectivity index (χ4v) is 0.788. The zero-order valence-corrected chi connectivity index (χ0v) is 9.28. The summed E-state index contributed by atoms with van der Waals surface area (Å²) < 4.78 is 4.71. The Balaban J connectivity index is 3.75. The van der Waals surface area contributed by atoms with Crippen LogP contribution >= 0.6 is 0 Å². The number of carboxylic acid groups (broad SMARTS) is 1. The first-order chi connectivity index (χ1) is 7.49. The highest BCUT2D eigenvalue weighted by Gasteiger charge is 2.20. The zero-order valence-electron chi connectivity index (χ0n) is 9.28. The summed E-state index contributed by atoms with van der Waals surface area (Å²) in [5.74, 6) is -3.46. The Kier molecular flexibility index (Phi) is 6.86. The molecule has 92 valence electrons. The molecule has 0 aromatic rings. The van der Waals surface area contributed by atoms with E-state index in [0.717, 1.165) is 0 Å². The van der Waals surface area contributed by atoms with Crippen LogP contribution in [0.5, 0.6) is 0 Å². The van der Waals surface area contributed by atoms with Crippen LogP contribution in [0.1, 0.15) is 6.92 Å². The van der Waals surface area contributed by atoms with Gasteiger partial charge in [-0.2, -0.15) is 0 Å². The normalized spacial score (nSPS) is 11.6. The molecule has 0 rings (SSSR count). The number of carbonyl (C=O) groups excluding carboxylic acids is 2. The SMILES string of the molecule is COCCNC(=O)CNC(=O)C(C)C(=O)O. The van der Waals surface area contributed by atoms with Gasteiger partial charge in [-0.3, -0.25) is 14.4 Å². The van der Waals surface area contributed by atoms with Crippen LogP contribution in [0.2, 0.25) is 0 Å². The number of rotatable bonds is 7. The Bertz CT molecular complexity index is 267. The Morgan fingerprint density at radius 2 is 1.94 bits per heavy atom. The predicted molar refractivity (Wildman–Crippen MR) is 54.7 cm³/mol. The first kappa shape index (κ1) is 14.4. The lowest BCUT2D eigenvalue weighted by Gasteiger charge is -2.08. The fourth-order valence-electron chi connectivity index (χ4n) is 0.788. The first-order valence-corrected chi connectivity index (χ1v) is 4.75. The van der Waals surface area contributed by atoms with E-state index in [9.17, 15) is 14.4 Å². The summed E-state index contributed by atoms with van der Waals surface area (Å²) in [6.45, 7) is 1.74. The molecule has 3 N–H and O–H groups in total. The molecule has 0 aliphatic carbocycles. The number of hydrogen-bond donors (Lipinski definition) is 3. The lowest BCUT2D eigenvalue weighted by Crippen LogP contribution is -2.41. The molecule has 0 saturated heterocycles. The van der Waals surface area contributed by atoms with Gasteiger partial charge in [0.2, 0.25) is 11.8 Å². The van der Waals surface area contributed by atoms with Crippen molar-refractivity contribution in [2.24, 2.45) is 5.92 Å². The lowest BCUT2D eigenvalue weighted by molar-refractivity contribution is -0.146. The van der Waals surface area contributed by atoms with Crippen molar-refractivity contribution < 1.29 is 24.2 Å². The number of aliphatic carboxylic acids is 1. The summed E-state index contributed by atoms with van der Waals surface area (Å²) in [5.41, 5.74) is 0. The van der Waals surface area contributed by atoms with Crippen molar-refractivity contribution in [1.82, 2.24) is 10.6 Å². The van der Waals surface area contributed by atoms with E-state index in [1.165, 1.54) is 14.0 Å². The van der Waals surface area contributed by atoms with E-state index < -0.39 is 17.8 Å². The molecule has 7 heteroatoms. The second-order valence-electron chi connectivity index (χ2n) is 3.12. The number of hydrogen-bond acceptors (Lipinski definition) is 4. The summed E-state index contributed by atoms with van der Waals surface area (Å²) in [5, 5.41) is 13.2. The number of carboxylic acids is 1. The average Bonchev–Trinajstić information content (AvgIpc) is 2.25. The van der Waals surface area contributed by atoms with Crippen molar-refractivity contribution in [2.75, 3.05) is 26.8 Å². The van der Waals surface area contributed by atoms with Gasteiger partial charge in [0.15, 0.2) is 0 Å². The van der Waals surface area contributed by atoms with Gasteiger partial charge in [-0.25, -0.2) is 0 Å². The van der Waals surface area contributed by atoms with E-state index in [2.05, 4.69) is 10.6 Å². The second-order valence-corrected chi connectivity index (χ2v) is 3.12. The van der Waals surface area contributed by atoms with Gasteiger partial charge in [0.1, 0.15) is 5.92 Å². The molecule has 7 nitrogen and oxygen atoms in total. The molecule has 0 spiro atoms. The van der Waals surface area contributed by atoms with Gasteiger partial charge in [-0.1, -0.05) is 0 Å². The van der Waals surface area contributed by atoms with E-state index >= 15 is 0 Å². The second kappa shape index (κ2) is 7.63. The van der Waals surface area contributed by atoms with Crippen LogP contribution in [-0.4, -0.2) is 49.7 Å². The van der Waals surface area contributed by atoms with Crippen molar-refractivity contribution in [3.63, 3.8) is 0 Å². The molecule has 0 aromatic heterocycles. The van der Waals surface area contributed by atoms with Crippen molar-refractivity contribution >= 4 is 17.8 Å². The Morgan fingerprint density at radius 3 is 2.44 bits per heavy atom. The van der Waals surface area contributed by atoms with Crippen molar-refractivity contribution in [3.8, 4) is 0 Å². The molecule has 0 radical (unpaired) electrons. The van der Waals surface area contributed by atoms with E-state index in [1.807, 2.05) is 0 Å². The lowest BCUT2D eigenvalue weighted by atomic mass is 10.2. The molecule has 0 aliphatic rings. The molecular weight excluding hydrogens is 216 g/mol. The minimum Gasteiger partial charge on any atom is -0.481 e. The maximum Gasteiger partial charge on any atom is 0.315 e. The van der Waals surface area contributed by atoms with Crippen LogP contribution in [0.25, 0.3) is 0 Å². The van der Waals surface area contributed by atoms with Crippen molar-refractivity contribution in [3.05, 3.63) is 0 Å². The van der Waals surface area contributed by atoms with Gasteiger partial charge < -0.3 is 20.5 Å². The largest absolute Gasteiger partial charge is 0.481 e. The summed E-state index contributed by atoms with van der Waals surface area (Å²) in [6.07, 6.45) is 0. The molecule has 16 heavy (non-hydrogen) atoms. The van der Waals surface area contributed by atoms with Crippen LogP contribution in [0.4, 0.5) is 0 Å². The Labute approximate surface area is 93.2 Å². The highest BCUT2D eigenvalue weighted by Crippen LogP contribution is 1.93. The molecule has 0 aromatic carbocycles. The maximum absolute atomic E-state index is 11.1. The maximum atomic E-state index is 11.1. The van der Waals surface area contributed by atoms with E-state index in [-0.39, 0.29) is 12.5 Å². The molecular formula is C9H16N2O5. The molecule has 1 unspecified atom stereocenters. The minimum absolute atomic E-state index is 0.236. The predicted octanol–water partition coefficient (Wildman–Crippen LogP) is -1.41. The van der Waals surface area contributed by atoms with E-state index in [0.29, 0.717) is 13.2 Å². The fraction of sp³-hybridized carbons (Fsp3) is 0.667. The average molecular weight is 232 g/mol. The van der Waals surface area contributed by atoms with E-state index in [4.69, 9.17) is 9.84 Å². The van der Waals surface area contributed by atoms with Crippen molar-refractivity contribution in [2.45, 2.75) is 6.92 Å². The summed E-state index contributed by atoms with van der Waals surface area (Å²) in [4.78, 5) is 32.6. The topological polar surface area (TPSA) is 105 Å². The van der Waals surface area contributed by atoms with Crippen LogP contribution in [0.3, 0.4) is 0 Å². The monoisotopic (exact) mass is 232 g/mol. The molecule has 0 bridgehead atoms. The molecule has 0 saturated carbocycles. The quantitative estimate of drug-likeness (QED) is 0.369. The van der Waals surface area contributed by atoms with Crippen LogP contribution < -0.4 is 10.6 Å². The molecule has 0 heterocycles. The molecule has 0 aliphatic heterocycles. The Hall–Kier alpha value is -1.63. The van der Waals surface area contributed by atoms with Gasteiger partial charge >= 0.3 is 5.97 Å². The smallest absolute Gasteiger partial charge is 0.315 e. The highest BCUT2D eigenvalue weighted by atomic mass is 16.5. The third kappa shape index (κ3) is 5.97. The van der Waals surface area contributed by atoms with Crippen LogP contribution in [0.15, 0.2) is 0 Å². The third-order valence-electron chi connectivity index (χ3n) is 1.82. The molecule has 2 amide bonds. The standard InChI is InChI=1S/C9H16N2O5/c1-6(9(14)15)8(13)11-5-7(12)10-3-4-16-2/h6H,3-5H2,1-2H3,(H,10,12)(H,11,13)(H,14,15). The minimum atomic E-state index is -1.22. The van der Waals surface area contributed by atoms with E-state index in [1.54, 1.807) is 0 Å². The van der Waals surface area contributed by atoms with Gasteiger partial charge in [0, 0.05) is 13.7 Å². The summed E-state index contributed by atoms with van der Waals surface area (Å²) >= 11 is 0. The Morgan fingerprint density at radius 1 is 1.31 bits per heavy atom. The van der Waals surface area contributed by atoms with Gasteiger partial charge in [-0.15, -0.1) is 0 Å². The molecule has 0 fully saturated rings. The molecule has 1 atom stereocenters. The summed E-state index contributed by atoms with van der Waals surface area (Å²) in [6, 6.07) is 0. The number of amides is 2.